The fraction of sp³-hybridized carbons (Fsp3) is 0.462. The van der Waals surface area contributed by atoms with Crippen LogP contribution in [0.4, 0.5) is 9.18 Å². The van der Waals surface area contributed by atoms with Gasteiger partial charge in [-0.3, -0.25) is 4.79 Å². The molecular formula is C26H29Cl2FN2O4. The van der Waals surface area contributed by atoms with Gasteiger partial charge in [-0.15, -0.1) is 0 Å². The van der Waals surface area contributed by atoms with Crippen LogP contribution in [0.25, 0.3) is 0 Å². The molecule has 9 heteroatoms. The molecule has 1 saturated heterocycles. The van der Waals surface area contributed by atoms with Gasteiger partial charge in [-0.2, -0.15) is 0 Å². The Kier molecular flexibility index (Phi) is 7.60. The van der Waals surface area contributed by atoms with E-state index in [4.69, 9.17) is 27.9 Å². The molecule has 2 aromatic rings. The number of aliphatic hydroxyl groups is 1. The van der Waals surface area contributed by atoms with Gasteiger partial charge in [0.15, 0.2) is 0 Å². The van der Waals surface area contributed by atoms with Crippen LogP contribution in [-0.4, -0.2) is 58.7 Å². The fourth-order valence-electron chi connectivity index (χ4n) is 4.99. The van der Waals surface area contributed by atoms with Gasteiger partial charge in [0, 0.05) is 32.0 Å². The third-order valence-electron chi connectivity index (χ3n) is 7.19. The zero-order valence-corrected chi connectivity index (χ0v) is 21.2. The number of nitrogens with zero attached hydrogens (tertiary/aromatic N) is 2. The van der Waals surface area contributed by atoms with E-state index in [1.807, 2.05) is 13.0 Å². The maximum atomic E-state index is 13.4. The summed E-state index contributed by atoms with van der Waals surface area (Å²) < 4.78 is 18.7. The summed E-state index contributed by atoms with van der Waals surface area (Å²) in [6.45, 7) is 2.57. The van der Waals surface area contributed by atoms with E-state index in [-0.39, 0.29) is 29.5 Å². The first kappa shape index (κ1) is 25.7. The summed E-state index contributed by atoms with van der Waals surface area (Å²) in [5, 5.41) is 11.1. The quantitative estimate of drug-likeness (QED) is 0.575. The summed E-state index contributed by atoms with van der Waals surface area (Å²) in [6.07, 6.45) is 1.83. The largest absolute Gasteiger partial charge is 0.415 e. The van der Waals surface area contributed by atoms with Crippen molar-refractivity contribution in [3.05, 3.63) is 63.9 Å². The van der Waals surface area contributed by atoms with Crippen molar-refractivity contribution in [2.45, 2.75) is 50.2 Å². The molecule has 1 saturated carbocycles. The molecule has 2 fully saturated rings. The molecule has 1 aliphatic carbocycles. The Morgan fingerprint density at radius 3 is 2.37 bits per heavy atom. The summed E-state index contributed by atoms with van der Waals surface area (Å²) >= 11 is 12.4. The minimum absolute atomic E-state index is 0.0355. The van der Waals surface area contributed by atoms with Crippen molar-refractivity contribution < 1.29 is 23.8 Å². The topological polar surface area (TPSA) is 70.1 Å². The molecular weight excluding hydrogens is 494 g/mol. The minimum atomic E-state index is -0.725. The Hall–Kier alpha value is -2.35. The summed E-state index contributed by atoms with van der Waals surface area (Å²) in [6, 6.07) is 10.2. The van der Waals surface area contributed by atoms with Gasteiger partial charge < -0.3 is 19.6 Å². The molecule has 2 aromatic carbocycles. The number of likely N-dealkylation sites (N-methyl/N-ethyl adjacent to an activating group) is 1. The third kappa shape index (κ3) is 5.90. The van der Waals surface area contributed by atoms with E-state index in [0.29, 0.717) is 48.8 Å². The summed E-state index contributed by atoms with van der Waals surface area (Å²) in [4.78, 5) is 29.6. The molecule has 4 rings (SSSR count). The highest BCUT2D eigenvalue weighted by Gasteiger charge is 2.43. The number of halogens is 3. The molecule has 1 aliphatic heterocycles. The molecule has 2 atom stereocenters. The van der Waals surface area contributed by atoms with E-state index >= 15 is 0 Å². The van der Waals surface area contributed by atoms with Gasteiger partial charge in [-0.1, -0.05) is 29.3 Å². The number of benzene rings is 2. The Balaban J connectivity index is 1.54. The summed E-state index contributed by atoms with van der Waals surface area (Å²) in [5.74, 6) is -0.513. The van der Waals surface area contributed by atoms with Crippen LogP contribution in [0.1, 0.15) is 44.1 Å². The van der Waals surface area contributed by atoms with Gasteiger partial charge in [-0.25, -0.2) is 9.18 Å². The average Bonchev–Trinajstić information content (AvgIpc) is 3.27. The van der Waals surface area contributed by atoms with Crippen LogP contribution >= 0.6 is 23.2 Å². The zero-order chi connectivity index (χ0) is 25.3. The van der Waals surface area contributed by atoms with Crippen molar-refractivity contribution in [1.29, 1.82) is 0 Å². The van der Waals surface area contributed by atoms with Crippen molar-refractivity contribution in [2.75, 3.05) is 20.1 Å². The standard InChI is InChI=1S/C26H29Cl2FN2O4/c1-26(34)11-9-16(10-12-26)24(32)31-14-20(17-3-8-21(27)22(28)13-17)23(15-31)30(2)25(33)35-19-6-4-18(29)5-7-19/h3-8,13,16,20,23,34H,9-12,14-15H2,1-2H3/t16-,20-,23+,26-/m1/s1. The van der Waals surface area contributed by atoms with Gasteiger partial charge in [0.1, 0.15) is 11.6 Å². The second kappa shape index (κ2) is 10.3. The van der Waals surface area contributed by atoms with Gasteiger partial charge in [-0.05, 0) is 74.6 Å². The smallest absolute Gasteiger partial charge is 0.410 e. The lowest BCUT2D eigenvalue weighted by atomic mass is 9.79. The van der Waals surface area contributed by atoms with E-state index < -0.39 is 17.5 Å². The first-order valence-electron chi connectivity index (χ1n) is 11.7. The predicted octanol–water partition coefficient (Wildman–Crippen LogP) is 5.50. The lowest BCUT2D eigenvalue weighted by molar-refractivity contribution is -0.137. The Bertz CT molecular complexity index is 1090. The SMILES string of the molecule is CN(C(=O)Oc1ccc(F)cc1)[C@H]1CN(C(=O)[C@H]2CC[C@](C)(O)CC2)C[C@@H]1c1ccc(Cl)c(Cl)c1. The second-order valence-corrected chi connectivity index (χ2v) is 10.6. The molecule has 188 valence electrons. The minimum Gasteiger partial charge on any atom is -0.410 e. The summed E-state index contributed by atoms with van der Waals surface area (Å²) in [5.41, 5.74) is 0.143. The average molecular weight is 523 g/mol. The van der Waals surface area contributed by atoms with Crippen LogP contribution < -0.4 is 4.74 Å². The van der Waals surface area contributed by atoms with Crippen LogP contribution in [0.5, 0.6) is 5.75 Å². The number of carbonyl (C=O) groups excluding carboxylic acids is 2. The van der Waals surface area contributed by atoms with E-state index in [1.54, 1.807) is 24.1 Å². The van der Waals surface area contributed by atoms with E-state index in [2.05, 4.69) is 0 Å². The number of likely N-dealkylation sites (tertiary alicyclic amines) is 1. The van der Waals surface area contributed by atoms with Crippen molar-refractivity contribution in [1.82, 2.24) is 9.80 Å². The number of amides is 2. The molecule has 35 heavy (non-hydrogen) atoms. The Labute approximate surface area is 214 Å². The molecule has 2 amide bonds. The van der Waals surface area contributed by atoms with Crippen molar-refractivity contribution in [3.8, 4) is 5.75 Å². The van der Waals surface area contributed by atoms with Crippen LogP contribution in [0.2, 0.25) is 10.0 Å². The zero-order valence-electron chi connectivity index (χ0n) is 19.7. The Morgan fingerprint density at radius 1 is 1.09 bits per heavy atom. The number of ether oxygens (including phenoxy) is 1. The lowest BCUT2D eigenvalue weighted by Crippen LogP contribution is -2.44. The molecule has 2 aliphatic rings. The van der Waals surface area contributed by atoms with Gasteiger partial charge in [0.05, 0.1) is 21.7 Å². The predicted molar refractivity (Wildman–Crippen MR) is 132 cm³/mol. The molecule has 0 bridgehead atoms. The van der Waals surface area contributed by atoms with Crippen LogP contribution in [0.15, 0.2) is 42.5 Å². The fourth-order valence-corrected chi connectivity index (χ4v) is 5.29. The van der Waals surface area contributed by atoms with Gasteiger partial charge in [0.2, 0.25) is 5.91 Å². The molecule has 0 radical (unpaired) electrons. The Morgan fingerprint density at radius 2 is 1.74 bits per heavy atom. The van der Waals surface area contributed by atoms with E-state index in [9.17, 15) is 19.1 Å². The van der Waals surface area contributed by atoms with Crippen LogP contribution in [0, 0.1) is 11.7 Å². The van der Waals surface area contributed by atoms with Gasteiger partial charge in [0.25, 0.3) is 0 Å². The van der Waals surface area contributed by atoms with Crippen molar-refractivity contribution >= 4 is 35.2 Å². The number of carbonyl (C=O) groups is 2. The van der Waals surface area contributed by atoms with Gasteiger partial charge >= 0.3 is 6.09 Å². The maximum Gasteiger partial charge on any atom is 0.415 e. The number of hydrogen-bond acceptors (Lipinski definition) is 4. The molecule has 1 N–H and O–H groups in total. The molecule has 1 heterocycles. The monoisotopic (exact) mass is 522 g/mol. The first-order chi connectivity index (χ1) is 16.5. The van der Waals surface area contributed by atoms with E-state index in [1.165, 1.54) is 29.2 Å². The number of rotatable bonds is 4. The summed E-state index contributed by atoms with van der Waals surface area (Å²) in [7, 11) is 1.63. The second-order valence-electron chi connectivity index (χ2n) is 9.79. The van der Waals surface area contributed by atoms with E-state index in [0.717, 1.165) is 5.56 Å². The van der Waals surface area contributed by atoms with Crippen molar-refractivity contribution in [3.63, 3.8) is 0 Å². The maximum absolute atomic E-state index is 13.4. The highest BCUT2D eigenvalue weighted by Crippen LogP contribution is 2.38. The first-order valence-corrected chi connectivity index (χ1v) is 12.5. The highest BCUT2D eigenvalue weighted by atomic mass is 35.5. The normalized spacial score (nSPS) is 26.5. The highest BCUT2D eigenvalue weighted by molar-refractivity contribution is 6.42. The molecule has 0 spiro atoms. The molecule has 0 aromatic heterocycles. The van der Waals surface area contributed by atoms with Crippen LogP contribution in [-0.2, 0) is 4.79 Å². The lowest BCUT2D eigenvalue weighted by Gasteiger charge is -2.34. The number of hydrogen-bond donors (Lipinski definition) is 1. The third-order valence-corrected chi connectivity index (χ3v) is 7.93. The molecule has 6 nitrogen and oxygen atoms in total. The van der Waals surface area contributed by atoms with Crippen molar-refractivity contribution in [2.24, 2.45) is 5.92 Å². The molecule has 0 unspecified atom stereocenters. The van der Waals surface area contributed by atoms with Crippen LogP contribution in [0.3, 0.4) is 0 Å².